The molecule has 1 heterocycles. The highest BCUT2D eigenvalue weighted by atomic mass is 16.2. The molecule has 0 atom stereocenters. The number of rotatable bonds is 4. The van der Waals surface area contributed by atoms with E-state index in [1.165, 1.54) is 0 Å². The topological polar surface area (TPSA) is 54.5 Å². The SMILES string of the molecule is [B]C(=O)CCC(=O)N1CCC(C=O)CC1. The lowest BCUT2D eigenvalue weighted by Gasteiger charge is -2.29. The van der Waals surface area contributed by atoms with Gasteiger partial charge in [-0.15, -0.1) is 0 Å². The van der Waals surface area contributed by atoms with Crippen molar-refractivity contribution in [3.63, 3.8) is 0 Å². The Morgan fingerprint density at radius 1 is 1.27 bits per heavy atom. The molecule has 0 spiro atoms. The van der Waals surface area contributed by atoms with Gasteiger partial charge in [-0.25, -0.2) is 0 Å². The molecule has 0 aromatic rings. The zero-order valence-corrected chi connectivity index (χ0v) is 8.65. The number of carbonyl (C=O) groups excluding carboxylic acids is 3. The first-order chi connectivity index (χ1) is 7.13. The van der Waals surface area contributed by atoms with Crippen LogP contribution in [0.4, 0.5) is 0 Å². The molecular weight excluding hydrogens is 193 g/mol. The van der Waals surface area contributed by atoms with Crippen molar-refractivity contribution >= 4 is 25.7 Å². The van der Waals surface area contributed by atoms with E-state index in [0.29, 0.717) is 13.1 Å². The molecule has 0 aromatic heterocycles. The Labute approximate surface area is 90.4 Å². The van der Waals surface area contributed by atoms with Gasteiger partial charge in [-0.05, 0) is 12.8 Å². The van der Waals surface area contributed by atoms with E-state index in [1.807, 2.05) is 0 Å². The number of hydrogen-bond donors (Lipinski definition) is 0. The van der Waals surface area contributed by atoms with Gasteiger partial charge in [0.1, 0.15) is 6.29 Å². The van der Waals surface area contributed by atoms with Gasteiger partial charge < -0.3 is 14.5 Å². The molecule has 0 saturated carbocycles. The Morgan fingerprint density at radius 2 is 1.87 bits per heavy atom. The number of likely N-dealkylation sites (tertiary alicyclic amines) is 1. The molecule has 0 N–H and O–H groups in total. The molecule has 15 heavy (non-hydrogen) atoms. The Kier molecular flexibility index (Phi) is 4.53. The molecule has 0 aromatic carbocycles. The first kappa shape index (κ1) is 11.9. The summed E-state index contributed by atoms with van der Waals surface area (Å²) in [5.41, 5.74) is -0.453. The van der Waals surface area contributed by atoms with Crippen LogP contribution in [-0.4, -0.2) is 43.7 Å². The van der Waals surface area contributed by atoms with Crippen molar-refractivity contribution in [3.05, 3.63) is 0 Å². The van der Waals surface area contributed by atoms with E-state index in [4.69, 9.17) is 7.85 Å². The molecule has 1 fully saturated rings. The quantitative estimate of drug-likeness (QED) is 0.477. The molecular formula is C10H14BNO3. The standard InChI is InChI=1S/C10H14BNO3/c11-9(14)1-2-10(15)12-5-3-8(7-13)4-6-12/h7-8H,1-6H2. The largest absolute Gasteiger partial charge is 0.343 e. The van der Waals surface area contributed by atoms with Crippen LogP contribution < -0.4 is 0 Å². The maximum atomic E-state index is 11.5. The monoisotopic (exact) mass is 207 g/mol. The van der Waals surface area contributed by atoms with Crippen LogP contribution in [0.3, 0.4) is 0 Å². The number of amides is 1. The molecule has 1 rings (SSSR count). The van der Waals surface area contributed by atoms with Gasteiger partial charge in [0.25, 0.3) is 0 Å². The summed E-state index contributed by atoms with van der Waals surface area (Å²) >= 11 is 0. The zero-order valence-electron chi connectivity index (χ0n) is 8.65. The maximum Gasteiger partial charge on any atom is 0.222 e. The fraction of sp³-hybridized carbons (Fsp3) is 0.700. The third-order valence-corrected chi connectivity index (χ3v) is 2.67. The van der Waals surface area contributed by atoms with Gasteiger partial charge in [-0.1, -0.05) is 0 Å². The van der Waals surface area contributed by atoms with Crippen molar-refractivity contribution < 1.29 is 14.4 Å². The van der Waals surface area contributed by atoms with Crippen molar-refractivity contribution in [1.82, 2.24) is 4.90 Å². The van der Waals surface area contributed by atoms with Gasteiger partial charge in [0.05, 0.1) is 5.68 Å². The predicted molar refractivity (Wildman–Crippen MR) is 55.4 cm³/mol. The van der Waals surface area contributed by atoms with Crippen molar-refractivity contribution in [2.45, 2.75) is 25.7 Å². The maximum absolute atomic E-state index is 11.5. The summed E-state index contributed by atoms with van der Waals surface area (Å²) in [4.78, 5) is 34.2. The van der Waals surface area contributed by atoms with Crippen molar-refractivity contribution in [2.75, 3.05) is 13.1 Å². The minimum Gasteiger partial charge on any atom is -0.343 e. The highest BCUT2D eigenvalue weighted by Gasteiger charge is 2.21. The molecule has 80 valence electrons. The van der Waals surface area contributed by atoms with E-state index < -0.39 is 5.68 Å². The number of piperidine rings is 1. The summed E-state index contributed by atoms with van der Waals surface area (Å²) in [6.07, 6.45) is 2.69. The molecule has 1 aliphatic heterocycles. The van der Waals surface area contributed by atoms with E-state index in [9.17, 15) is 14.4 Å². The van der Waals surface area contributed by atoms with Crippen LogP contribution in [0, 0.1) is 5.92 Å². The van der Waals surface area contributed by atoms with E-state index >= 15 is 0 Å². The van der Waals surface area contributed by atoms with Gasteiger partial charge in [0, 0.05) is 31.8 Å². The summed E-state index contributed by atoms with van der Waals surface area (Å²) in [7, 11) is 4.96. The Hall–Kier alpha value is -1.13. The number of nitrogens with zero attached hydrogens (tertiary/aromatic N) is 1. The third kappa shape index (κ3) is 3.85. The molecule has 2 radical (unpaired) electrons. The van der Waals surface area contributed by atoms with Crippen LogP contribution in [0.25, 0.3) is 0 Å². The predicted octanol–water partition coefficient (Wildman–Crippen LogP) is -0.101. The number of aldehydes is 1. The van der Waals surface area contributed by atoms with Gasteiger partial charge in [0.2, 0.25) is 5.91 Å². The molecule has 1 saturated heterocycles. The summed E-state index contributed by atoms with van der Waals surface area (Å²) < 4.78 is 0. The van der Waals surface area contributed by atoms with Crippen molar-refractivity contribution in [1.29, 1.82) is 0 Å². The number of hydrogen-bond acceptors (Lipinski definition) is 3. The van der Waals surface area contributed by atoms with Crippen LogP contribution in [0.2, 0.25) is 0 Å². The van der Waals surface area contributed by atoms with Crippen LogP contribution in [-0.2, 0) is 14.4 Å². The molecule has 5 heteroatoms. The van der Waals surface area contributed by atoms with E-state index in [-0.39, 0.29) is 24.7 Å². The van der Waals surface area contributed by atoms with Crippen LogP contribution in [0.5, 0.6) is 0 Å². The fourth-order valence-electron chi connectivity index (χ4n) is 1.67. The lowest BCUT2D eigenvalue weighted by Crippen LogP contribution is -2.38. The summed E-state index contributed by atoms with van der Waals surface area (Å²) in [5.74, 6) is 0.0448. The molecule has 0 bridgehead atoms. The van der Waals surface area contributed by atoms with Crippen LogP contribution in [0.15, 0.2) is 0 Å². The molecule has 0 unspecified atom stereocenters. The van der Waals surface area contributed by atoms with Crippen molar-refractivity contribution in [3.8, 4) is 0 Å². The molecule has 1 aliphatic rings. The average molecular weight is 207 g/mol. The van der Waals surface area contributed by atoms with Gasteiger partial charge in [-0.3, -0.25) is 4.79 Å². The molecule has 4 nitrogen and oxygen atoms in total. The average Bonchev–Trinajstić information content (AvgIpc) is 2.26. The molecule has 1 amide bonds. The van der Waals surface area contributed by atoms with Crippen molar-refractivity contribution in [2.24, 2.45) is 5.92 Å². The summed E-state index contributed by atoms with van der Waals surface area (Å²) in [6.45, 7) is 1.22. The minimum absolute atomic E-state index is 0.0434. The zero-order chi connectivity index (χ0) is 11.3. The van der Waals surface area contributed by atoms with E-state index in [0.717, 1.165) is 19.1 Å². The first-order valence-corrected chi connectivity index (χ1v) is 5.15. The highest BCUT2D eigenvalue weighted by Crippen LogP contribution is 2.15. The van der Waals surface area contributed by atoms with E-state index in [2.05, 4.69) is 0 Å². The van der Waals surface area contributed by atoms with Crippen LogP contribution >= 0.6 is 0 Å². The second-order valence-corrected chi connectivity index (χ2v) is 3.82. The first-order valence-electron chi connectivity index (χ1n) is 5.15. The third-order valence-electron chi connectivity index (χ3n) is 2.67. The second kappa shape index (κ2) is 5.68. The lowest BCUT2D eigenvalue weighted by molar-refractivity contribution is -0.134. The Balaban J connectivity index is 2.29. The Morgan fingerprint density at radius 3 is 2.33 bits per heavy atom. The van der Waals surface area contributed by atoms with Gasteiger partial charge in [0.15, 0.2) is 7.85 Å². The summed E-state index contributed by atoms with van der Waals surface area (Å²) in [5, 5.41) is 0. The molecule has 0 aliphatic carbocycles. The fourth-order valence-corrected chi connectivity index (χ4v) is 1.67. The Bertz CT molecular complexity index is 259. The minimum atomic E-state index is -0.453. The van der Waals surface area contributed by atoms with Gasteiger partial charge in [-0.2, -0.15) is 0 Å². The lowest BCUT2D eigenvalue weighted by atomic mass is 9.96. The highest BCUT2D eigenvalue weighted by molar-refractivity contribution is 6.57. The number of carbonyl (C=O) groups is 3. The normalized spacial score (nSPS) is 17.5. The second-order valence-electron chi connectivity index (χ2n) is 3.82. The smallest absolute Gasteiger partial charge is 0.222 e. The van der Waals surface area contributed by atoms with E-state index in [1.54, 1.807) is 4.90 Å². The van der Waals surface area contributed by atoms with Gasteiger partial charge >= 0.3 is 0 Å². The van der Waals surface area contributed by atoms with Crippen LogP contribution in [0.1, 0.15) is 25.7 Å². The summed E-state index contributed by atoms with van der Waals surface area (Å²) in [6, 6.07) is 0.